The number of carbonyl (C=O) groups excluding carboxylic acids is 1. The number of alkyl halides is 6. The van der Waals surface area contributed by atoms with Crippen LogP contribution in [0.3, 0.4) is 0 Å². The Bertz CT molecular complexity index is 1790. The zero-order valence-corrected chi connectivity index (χ0v) is 24.0. The van der Waals surface area contributed by atoms with Gasteiger partial charge in [-0.3, -0.25) is 9.59 Å². The van der Waals surface area contributed by atoms with E-state index in [1.807, 2.05) is 5.10 Å². The maximum absolute atomic E-state index is 13.9. The molecule has 2 aliphatic rings. The predicted molar refractivity (Wildman–Crippen MR) is 155 cm³/mol. The number of benzene rings is 2. The molecule has 46 heavy (non-hydrogen) atoms. The molecule has 1 N–H and O–H groups in total. The van der Waals surface area contributed by atoms with Crippen LogP contribution in [-0.4, -0.2) is 58.8 Å². The standard InChI is InChI=1S/C31H26F6N6O3/c32-30(33,34)21-8-9-26(38-15-21)41-10-12-42(13-11-41)29(45)19-5-3-6-22(14-19)46-18-25-23-7-2-1-4-20(23)17-43(25)24-16-39-40-28(44)27(24)31(35,36)37/h1-9,14-16,25H,10-13,17-18H2,(H,40,44)/t25-/m1/s1. The molecule has 2 aromatic heterocycles. The van der Waals surface area contributed by atoms with Crippen molar-refractivity contribution in [3.05, 3.63) is 111 Å². The summed E-state index contributed by atoms with van der Waals surface area (Å²) in [5, 5.41) is 5.48. The predicted octanol–water partition coefficient (Wildman–Crippen LogP) is 5.31. The summed E-state index contributed by atoms with van der Waals surface area (Å²) in [6, 6.07) is 15.1. The minimum absolute atomic E-state index is 0.0858. The summed E-state index contributed by atoms with van der Waals surface area (Å²) in [7, 11) is 0. The van der Waals surface area contributed by atoms with Crippen LogP contribution in [0.5, 0.6) is 5.75 Å². The van der Waals surface area contributed by atoms with Gasteiger partial charge in [-0.2, -0.15) is 31.4 Å². The molecule has 1 amide bonds. The normalized spacial score (nSPS) is 16.8. The molecule has 1 saturated heterocycles. The number of halogens is 6. The highest BCUT2D eigenvalue weighted by molar-refractivity contribution is 5.94. The highest BCUT2D eigenvalue weighted by atomic mass is 19.4. The number of piperazine rings is 1. The fourth-order valence-electron chi connectivity index (χ4n) is 5.73. The van der Waals surface area contributed by atoms with Gasteiger partial charge in [0, 0.05) is 44.5 Å². The van der Waals surface area contributed by atoms with Crippen molar-refractivity contribution in [3.63, 3.8) is 0 Å². The summed E-state index contributed by atoms with van der Waals surface area (Å²) in [6.07, 6.45) is -7.63. The zero-order valence-electron chi connectivity index (χ0n) is 24.0. The second kappa shape index (κ2) is 12.0. The fourth-order valence-corrected chi connectivity index (χ4v) is 5.73. The molecule has 0 saturated carbocycles. The number of rotatable bonds is 6. The lowest BCUT2D eigenvalue weighted by Gasteiger charge is -2.35. The molecule has 240 valence electrons. The molecule has 2 aromatic carbocycles. The average molecular weight is 645 g/mol. The van der Waals surface area contributed by atoms with Crippen molar-refractivity contribution in [2.24, 2.45) is 0 Å². The van der Waals surface area contributed by atoms with Gasteiger partial charge >= 0.3 is 12.4 Å². The molecule has 0 bridgehead atoms. The minimum atomic E-state index is -4.92. The molecule has 1 atom stereocenters. The Balaban J connectivity index is 1.14. The lowest BCUT2D eigenvalue weighted by Crippen LogP contribution is -2.49. The van der Waals surface area contributed by atoms with Crippen molar-refractivity contribution in [3.8, 4) is 5.75 Å². The molecule has 4 aromatic rings. The Kier molecular flexibility index (Phi) is 8.08. The summed E-state index contributed by atoms with van der Waals surface area (Å²) in [4.78, 5) is 34.3. The number of carbonyl (C=O) groups is 1. The highest BCUT2D eigenvalue weighted by Gasteiger charge is 2.42. The number of aromatic nitrogens is 3. The first-order valence-electron chi connectivity index (χ1n) is 14.2. The second-order valence-corrected chi connectivity index (χ2v) is 10.8. The number of anilines is 2. The number of amides is 1. The van der Waals surface area contributed by atoms with E-state index in [4.69, 9.17) is 4.74 Å². The monoisotopic (exact) mass is 644 g/mol. The van der Waals surface area contributed by atoms with Gasteiger partial charge in [0.15, 0.2) is 0 Å². The lowest BCUT2D eigenvalue weighted by atomic mass is 10.1. The topological polar surface area (TPSA) is 94.7 Å². The first kappa shape index (κ1) is 30.9. The van der Waals surface area contributed by atoms with Crippen molar-refractivity contribution in [2.75, 3.05) is 42.6 Å². The van der Waals surface area contributed by atoms with Crippen molar-refractivity contribution < 1.29 is 35.9 Å². The third kappa shape index (κ3) is 6.21. The summed E-state index contributed by atoms with van der Waals surface area (Å²) < 4.78 is 86.4. The van der Waals surface area contributed by atoms with Gasteiger partial charge in [0.05, 0.1) is 23.5 Å². The maximum atomic E-state index is 13.9. The second-order valence-electron chi connectivity index (χ2n) is 10.8. The Hall–Kier alpha value is -5.08. The van der Waals surface area contributed by atoms with Gasteiger partial charge in [-0.15, -0.1) is 0 Å². The van der Waals surface area contributed by atoms with Crippen LogP contribution >= 0.6 is 0 Å². The Labute approximate surface area is 258 Å². The first-order valence-corrected chi connectivity index (χ1v) is 14.2. The summed E-state index contributed by atoms with van der Waals surface area (Å²) in [6.45, 7) is 1.38. The number of nitrogens with one attached hydrogen (secondary N) is 1. The van der Waals surface area contributed by atoms with E-state index < -0.39 is 35.1 Å². The number of H-pyrrole nitrogens is 1. The molecule has 0 unspecified atom stereocenters. The molecule has 2 aliphatic heterocycles. The fraction of sp³-hybridized carbons (Fsp3) is 0.290. The van der Waals surface area contributed by atoms with Crippen molar-refractivity contribution in [1.29, 1.82) is 0 Å². The molecule has 4 heterocycles. The number of hydrogen-bond acceptors (Lipinski definition) is 7. The van der Waals surface area contributed by atoms with Gasteiger partial charge in [0.2, 0.25) is 0 Å². The van der Waals surface area contributed by atoms with Crippen molar-refractivity contribution in [2.45, 2.75) is 24.9 Å². The van der Waals surface area contributed by atoms with E-state index >= 15 is 0 Å². The SMILES string of the molecule is O=C(c1cccc(OC[C@@H]2c3ccccc3CN2c2cn[nH]c(=O)c2C(F)(F)F)c1)N1CCN(c2ccc(C(F)(F)F)cn2)CC1. The number of ether oxygens (including phenoxy) is 1. The van der Waals surface area contributed by atoms with Crippen LogP contribution < -0.4 is 20.1 Å². The van der Waals surface area contributed by atoms with Crippen LogP contribution in [0.15, 0.2) is 77.9 Å². The van der Waals surface area contributed by atoms with Gasteiger partial charge < -0.3 is 19.4 Å². The van der Waals surface area contributed by atoms with E-state index in [0.717, 1.165) is 29.6 Å². The zero-order chi connectivity index (χ0) is 32.6. The maximum Gasteiger partial charge on any atom is 0.423 e. The van der Waals surface area contributed by atoms with E-state index in [2.05, 4.69) is 10.1 Å². The minimum Gasteiger partial charge on any atom is -0.491 e. The number of fused-ring (bicyclic) bond motifs is 1. The third-order valence-electron chi connectivity index (χ3n) is 8.01. The largest absolute Gasteiger partial charge is 0.491 e. The number of hydrogen-bond donors (Lipinski definition) is 1. The molecule has 0 aliphatic carbocycles. The summed E-state index contributed by atoms with van der Waals surface area (Å²) in [5.74, 6) is 0.432. The smallest absolute Gasteiger partial charge is 0.423 e. The third-order valence-corrected chi connectivity index (χ3v) is 8.01. The van der Waals surface area contributed by atoms with E-state index in [-0.39, 0.29) is 24.7 Å². The van der Waals surface area contributed by atoms with E-state index in [1.54, 1.807) is 58.3 Å². The van der Waals surface area contributed by atoms with Crippen LogP contribution in [0.25, 0.3) is 0 Å². The van der Waals surface area contributed by atoms with Crippen LogP contribution in [0.4, 0.5) is 37.8 Å². The Morgan fingerprint density at radius 1 is 0.913 bits per heavy atom. The molecular formula is C31H26F6N6O3. The molecule has 9 nitrogen and oxygen atoms in total. The van der Waals surface area contributed by atoms with E-state index in [9.17, 15) is 35.9 Å². The van der Waals surface area contributed by atoms with Crippen molar-refractivity contribution in [1.82, 2.24) is 20.1 Å². The molecule has 0 radical (unpaired) electrons. The number of pyridine rings is 1. The lowest BCUT2D eigenvalue weighted by molar-refractivity contribution is -0.139. The molecule has 1 fully saturated rings. The average Bonchev–Trinajstić information content (AvgIpc) is 3.41. The van der Waals surface area contributed by atoms with Crippen molar-refractivity contribution >= 4 is 17.4 Å². The number of nitrogens with zero attached hydrogens (tertiary/aromatic N) is 5. The molecule has 6 rings (SSSR count). The Morgan fingerprint density at radius 2 is 1.67 bits per heavy atom. The van der Waals surface area contributed by atoms with E-state index in [1.165, 1.54) is 11.0 Å². The molecule has 15 heteroatoms. The van der Waals surface area contributed by atoms with Crippen LogP contribution in [-0.2, 0) is 18.9 Å². The van der Waals surface area contributed by atoms with Crippen LogP contribution in [0, 0.1) is 0 Å². The van der Waals surface area contributed by atoms with Crippen LogP contribution in [0.1, 0.15) is 38.7 Å². The highest BCUT2D eigenvalue weighted by Crippen LogP contribution is 2.42. The van der Waals surface area contributed by atoms with Gasteiger partial charge in [-0.1, -0.05) is 30.3 Å². The van der Waals surface area contributed by atoms with Gasteiger partial charge in [0.25, 0.3) is 11.5 Å². The van der Waals surface area contributed by atoms with E-state index in [0.29, 0.717) is 43.3 Å². The number of aromatic amines is 1. The first-order chi connectivity index (χ1) is 21.9. The van der Waals surface area contributed by atoms with Gasteiger partial charge in [-0.25, -0.2) is 10.1 Å². The molecular weight excluding hydrogens is 618 g/mol. The molecule has 0 spiro atoms. The van der Waals surface area contributed by atoms with Crippen LogP contribution in [0.2, 0.25) is 0 Å². The quantitative estimate of drug-likeness (QED) is 0.285. The summed E-state index contributed by atoms with van der Waals surface area (Å²) in [5.41, 5.74) is -2.04. The Morgan fingerprint density at radius 3 is 2.37 bits per heavy atom. The summed E-state index contributed by atoms with van der Waals surface area (Å²) >= 11 is 0. The van der Waals surface area contributed by atoms with Gasteiger partial charge in [-0.05, 0) is 41.5 Å². The van der Waals surface area contributed by atoms with Gasteiger partial charge in [0.1, 0.15) is 23.7 Å².